The van der Waals surface area contributed by atoms with Gasteiger partial charge < -0.3 is 4.74 Å². The summed E-state index contributed by atoms with van der Waals surface area (Å²) in [7, 11) is 0. The van der Waals surface area contributed by atoms with Gasteiger partial charge in [0, 0.05) is 12.1 Å². The fourth-order valence-electron chi connectivity index (χ4n) is 2.78. The first kappa shape index (κ1) is 18.9. The molecule has 2 aromatic carbocycles. The molecule has 30 heavy (non-hydrogen) atoms. The lowest BCUT2D eigenvalue weighted by Crippen LogP contribution is -2.20. The molecular formula is C21H15N5O4. The summed E-state index contributed by atoms with van der Waals surface area (Å²) >= 11 is 0. The maximum absolute atomic E-state index is 12.6. The maximum Gasteiger partial charge on any atom is 0.287 e. The molecule has 0 saturated carbocycles. The normalized spacial score (nSPS) is 11.1. The summed E-state index contributed by atoms with van der Waals surface area (Å²) in [5.41, 5.74) is 1.03. The molecule has 148 valence electrons. The van der Waals surface area contributed by atoms with Crippen LogP contribution in [0.5, 0.6) is 11.6 Å². The molecule has 0 aliphatic rings. The number of ether oxygens (including phenoxy) is 1. The van der Waals surface area contributed by atoms with Crippen LogP contribution >= 0.6 is 0 Å². The van der Waals surface area contributed by atoms with Crippen LogP contribution < -0.4 is 10.3 Å². The maximum atomic E-state index is 12.6. The van der Waals surface area contributed by atoms with Crippen molar-refractivity contribution >= 4 is 22.8 Å². The van der Waals surface area contributed by atoms with E-state index in [1.807, 2.05) is 6.07 Å². The van der Waals surface area contributed by atoms with Crippen molar-refractivity contribution in [3.05, 3.63) is 98.7 Å². The zero-order valence-electron chi connectivity index (χ0n) is 15.8. The Bertz CT molecular complexity index is 1310. The molecule has 2 heterocycles. The van der Waals surface area contributed by atoms with Crippen molar-refractivity contribution in [2.45, 2.75) is 6.92 Å². The number of aryl methyl sites for hydroxylation is 1. The number of aromatic nitrogens is 3. The lowest BCUT2D eigenvalue weighted by molar-refractivity contribution is -0.385. The number of nitrogens with zero attached hydrogens (tertiary/aromatic N) is 5. The van der Waals surface area contributed by atoms with E-state index in [-0.39, 0.29) is 17.1 Å². The Labute approximate surface area is 170 Å². The van der Waals surface area contributed by atoms with Gasteiger partial charge in [0.25, 0.3) is 11.2 Å². The highest BCUT2D eigenvalue weighted by Crippen LogP contribution is 2.21. The molecule has 4 rings (SSSR count). The number of hydrogen-bond acceptors (Lipinski definition) is 7. The van der Waals surface area contributed by atoms with Crippen molar-refractivity contribution in [1.82, 2.24) is 14.6 Å². The molecule has 9 nitrogen and oxygen atoms in total. The first-order chi connectivity index (χ1) is 14.5. The van der Waals surface area contributed by atoms with Crippen LogP contribution in [0.2, 0.25) is 0 Å². The van der Waals surface area contributed by atoms with Gasteiger partial charge >= 0.3 is 0 Å². The summed E-state index contributed by atoms with van der Waals surface area (Å²) in [5, 5.41) is 15.4. The van der Waals surface area contributed by atoms with E-state index in [4.69, 9.17) is 4.74 Å². The molecule has 0 N–H and O–H groups in total. The van der Waals surface area contributed by atoms with Crippen LogP contribution in [0.1, 0.15) is 11.4 Å². The number of nitro groups is 1. The zero-order chi connectivity index (χ0) is 21.1. The monoisotopic (exact) mass is 401 g/mol. The van der Waals surface area contributed by atoms with Gasteiger partial charge in [-0.05, 0) is 48.9 Å². The highest BCUT2D eigenvalue weighted by molar-refractivity contribution is 5.80. The minimum atomic E-state index is -0.525. The van der Waals surface area contributed by atoms with E-state index in [0.29, 0.717) is 22.5 Å². The third-order valence-electron chi connectivity index (χ3n) is 4.27. The Morgan fingerprint density at radius 3 is 2.57 bits per heavy atom. The molecule has 2 aromatic heterocycles. The first-order valence-electron chi connectivity index (χ1n) is 8.92. The Kier molecular flexibility index (Phi) is 5.00. The van der Waals surface area contributed by atoms with Gasteiger partial charge in [-0.3, -0.25) is 14.9 Å². The predicted molar refractivity (Wildman–Crippen MR) is 111 cm³/mol. The summed E-state index contributed by atoms with van der Waals surface area (Å²) in [5.74, 6) is 1.24. The molecule has 0 fully saturated rings. The number of rotatable bonds is 5. The van der Waals surface area contributed by atoms with E-state index in [2.05, 4.69) is 15.1 Å². The molecule has 0 saturated heterocycles. The number of para-hydroxylation sites is 1. The highest BCUT2D eigenvalue weighted by Gasteiger charge is 2.07. The Hall–Kier alpha value is -4.40. The number of benzene rings is 2. The summed E-state index contributed by atoms with van der Waals surface area (Å²) in [6, 6.07) is 16.8. The molecule has 0 aliphatic carbocycles. The van der Waals surface area contributed by atoms with E-state index in [1.54, 1.807) is 55.6 Å². The van der Waals surface area contributed by atoms with Gasteiger partial charge in [0.15, 0.2) is 0 Å². The zero-order valence-corrected chi connectivity index (χ0v) is 15.8. The molecule has 0 bridgehead atoms. The molecule has 0 radical (unpaired) electrons. The number of hydrogen-bond donors (Lipinski definition) is 0. The second-order valence-corrected chi connectivity index (χ2v) is 6.32. The lowest BCUT2D eigenvalue weighted by atomic mass is 10.2. The first-order valence-corrected chi connectivity index (χ1v) is 8.92. The van der Waals surface area contributed by atoms with Crippen molar-refractivity contribution in [3.8, 4) is 11.6 Å². The fourth-order valence-corrected chi connectivity index (χ4v) is 2.78. The van der Waals surface area contributed by atoms with Crippen LogP contribution in [0.4, 0.5) is 5.69 Å². The third-order valence-corrected chi connectivity index (χ3v) is 4.27. The molecule has 0 unspecified atom stereocenters. The van der Waals surface area contributed by atoms with Gasteiger partial charge in [-0.25, -0.2) is 9.97 Å². The standard InChI is InChI=1S/C21H15N5O4/c1-14-24-19-5-3-2-4-18(19)21(27)25(14)23-12-15-6-9-17(10-7-15)30-20-11-8-16(13-22-20)26(28)29/h2-13H,1H3/b23-12-. The summed E-state index contributed by atoms with van der Waals surface area (Å²) in [6.07, 6.45) is 2.69. The van der Waals surface area contributed by atoms with Crippen molar-refractivity contribution in [2.75, 3.05) is 0 Å². The average Bonchev–Trinajstić information content (AvgIpc) is 2.75. The van der Waals surface area contributed by atoms with Crippen LogP contribution in [-0.4, -0.2) is 25.8 Å². The average molecular weight is 401 g/mol. The van der Waals surface area contributed by atoms with E-state index < -0.39 is 4.92 Å². The van der Waals surface area contributed by atoms with Gasteiger partial charge in [-0.15, -0.1) is 0 Å². The lowest BCUT2D eigenvalue weighted by Gasteiger charge is -2.06. The second-order valence-electron chi connectivity index (χ2n) is 6.32. The van der Waals surface area contributed by atoms with Crippen LogP contribution in [0.15, 0.2) is 76.8 Å². The Morgan fingerprint density at radius 1 is 1.10 bits per heavy atom. The van der Waals surface area contributed by atoms with E-state index in [9.17, 15) is 14.9 Å². The van der Waals surface area contributed by atoms with Crippen molar-refractivity contribution in [3.63, 3.8) is 0 Å². The molecule has 0 atom stereocenters. The highest BCUT2D eigenvalue weighted by atomic mass is 16.6. The van der Waals surface area contributed by atoms with Gasteiger partial charge in [-0.1, -0.05) is 12.1 Å². The quantitative estimate of drug-likeness (QED) is 0.286. The molecular weight excluding hydrogens is 386 g/mol. The van der Waals surface area contributed by atoms with Gasteiger partial charge in [0.05, 0.1) is 22.0 Å². The Morgan fingerprint density at radius 2 is 1.87 bits per heavy atom. The van der Waals surface area contributed by atoms with E-state index in [1.165, 1.54) is 16.8 Å². The van der Waals surface area contributed by atoms with Crippen LogP contribution in [0, 0.1) is 17.0 Å². The van der Waals surface area contributed by atoms with Crippen LogP contribution in [0.25, 0.3) is 10.9 Å². The summed E-state index contributed by atoms with van der Waals surface area (Å²) < 4.78 is 6.83. The molecule has 0 aliphatic heterocycles. The van der Waals surface area contributed by atoms with E-state index in [0.717, 1.165) is 11.8 Å². The van der Waals surface area contributed by atoms with E-state index >= 15 is 0 Å². The predicted octanol–water partition coefficient (Wildman–Crippen LogP) is 3.68. The molecule has 0 spiro atoms. The molecule has 9 heteroatoms. The summed E-state index contributed by atoms with van der Waals surface area (Å²) in [4.78, 5) is 31.1. The van der Waals surface area contributed by atoms with Crippen LogP contribution in [-0.2, 0) is 0 Å². The SMILES string of the molecule is Cc1nc2ccccc2c(=O)n1/N=C\c1ccc(Oc2ccc([N+](=O)[O-])cn2)cc1. The summed E-state index contributed by atoms with van der Waals surface area (Å²) in [6.45, 7) is 1.72. The van der Waals surface area contributed by atoms with Crippen molar-refractivity contribution < 1.29 is 9.66 Å². The van der Waals surface area contributed by atoms with Crippen molar-refractivity contribution in [1.29, 1.82) is 0 Å². The van der Waals surface area contributed by atoms with Crippen LogP contribution in [0.3, 0.4) is 0 Å². The molecule has 4 aromatic rings. The third kappa shape index (κ3) is 3.90. The minimum Gasteiger partial charge on any atom is -0.439 e. The minimum absolute atomic E-state index is 0.109. The largest absolute Gasteiger partial charge is 0.439 e. The number of pyridine rings is 1. The van der Waals surface area contributed by atoms with Gasteiger partial charge in [0.2, 0.25) is 5.88 Å². The smallest absolute Gasteiger partial charge is 0.287 e. The number of fused-ring (bicyclic) bond motifs is 1. The Balaban J connectivity index is 1.52. The van der Waals surface area contributed by atoms with Gasteiger partial charge in [0.1, 0.15) is 17.8 Å². The van der Waals surface area contributed by atoms with Crippen molar-refractivity contribution in [2.24, 2.45) is 5.10 Å². The van der Waals surface area contributed by atoms with Gasteiger partial charge in [-0.2, -0.15) is 9.78 Å². The molecule has 0 amide bonds. The fraction of sp³-hybridized carbons (Fsp3) is 0.0476. The topological polar surface area (TPSA) is 113 Å². The second kappa shape index (κ2) is 7.92.